The van der Waals surface area contributed by atoms with E-state index in [1.54, 1.807) is 35.0 Å². The number of nitrogens with zero attached hydrogens (tertiary/aromatic N) is 4. The minimum absolute atomic E-state index is 0.0673. The van der Waals surface area contributed by atoms with Gasteiger partial charge in [-0.1, -0.05) is 0 Å². The van der Waals surface area contributed by atoms with Crippen LogP contribution in [0.25, 0.3) is 6.08 Å². The predicted octanol–water partition coefficient (Wildman–Crippen LogP) is 1.27. The summed E-state index contributed by atoms with van der Waals surface area (Å²) in [5.41, 5.74) is 0.885. The van der Waals surface area contributed by atoms with Gasteiger partial charge in [0, 0.05) is 32.4 Å². The molecular weight excluding hydrogens is 304 g/mol. The van der Waals surface area contributed by atoms with E-state index < -0.39 is 6.10 Å². The van der Waals surface area contributed by atoms with E-state index in [4.69, 9.17) is 0 Å². The predicted molar refractivity (Wildman–Crippen MR) is 93.3 cm³/mol. The fraction of sp³-hybridized carbons (Fsp3) is 0.667. The Morgan fingerprint density at radius 1 is 1.33 bits per heavy atom. The molecule has 0 bridgehead atoms. The number of amides is 1. The minimum atomic E-state index is -0.462. The summed E-state index contributed by atoms with van der Waals surface area (Å²) in [4.78, 5) is 16.6. The maximum absolute atomic E-state index is 12.5. The molecule has 1 saturated carbocycles. The number of hydrogen-bond donors (Lipinski definition) is 1. The zero-order valence-electron chi connectivity index (χ0n) is 14.6. The van der Waals surface area contributed by atoms with Crippen LogP contribution in [0.15, 0.2) is 18.3 Å². The molecule has 1 amide bonds. The number of rotatable bonds is 4. The van der Waals surface area contributed by atoms with E-state index in [9.17, 15) is 9.90 Å². The maximum Gasteiger partial charge on any atom is 0.246 e. The van der Waals surface area contributed by atoms with Crippen molar-refractivity contribution in [3.8, 4) is 0 Å². The lowest BCUT2D eigenvalue weighted by Gasteiger charge is -2.43. The van der Waals surface area contributed by atoms with Gasteiger partial charge in [0.1, 0.15) is 0 Å². The third kappa shape index (κ3) is 3.54. The smallest absolute Gasteiger partial charge is 0.246 e. The molecule has 0 unspecified atom stereocenters. The van der Waals surface area contributed by atoms with Crippen molar-refractivity contribution >= 4 is 12.0 Å². The van der Waals surface area contributed by atoms with Crippen molar-refractivity contribution < 1.29 is 9.90 Å². The number of carbonyl (C=O) groups is 1. The summed E-state index contributed by atoms with van der Waals surface area (Å²) in [5.74, 6) is -0.0673. The summed E-state index contributed by atoms with van der Waals surface area (Å²) in [5, 5.41) is 14.9. The molecule has 1 aromatic heterocycles. The molecule has 1 N–H and O–H groups in total. The first-order chi connectivity index (χ1) is 11.6. The van der Waals surface area contributed by atoms with Gasteiger partial charge in [-0.15, -0.1) is 0 Å². The van der Waals surface area contributed by atoms with Gasteiger partial charge in [-0.3, -0.25) is 14.4 Å². The van der Waals surface area contributed by atoms with Crippen LogP contribution in [0.4, 0.5) is 0 Å². The van der Waals surface area contributed by atoms with Crippen molar-refractivity contribution in [2.75, 3.05) is 20.1 Å². The molecule has 6 heteroatoms. The number of carbonyl (C=O) groups excluding carboxylic acids is 1. The summed E-state index contributed by atoms with van der Waals surface area (Å²) in [6.07, 6.45) is 9.99. The first-order valence-corrected chi connectivity index (χ1v) is 8.93. The molecule has 2 aliphatic rings. The van der Waals surface area contributed by atoms with E-state index in [0.29, 0.717) is 0 Å². The van der Waals surface area contributed by atoms with Crippen molar-refractivity contribution in [2.24, 2.45) is 7.05 Å². The van der Waals surface area contributed by atoms with Crippen LogP contribution in [-0.2, 0) is 11.8 Å². The lowest BCUT2D eigenvalue weighted by Crippen LogP contribution is -2.56. The Morgan fingerprint density at radius 3 is 2.75 bits per heavy atom. The van der Waals surface area contributed by atoms with Crippen molar-refractivity contribution in [2.45, 2.75) is 50.3 Å². The largest absolute Gasteiger partial charge is 0.389 e. The molecule has 6 nitrogen and oxygen atoms in total. The second kappa shape index (κ2) is 7.49. The third-order valence-corrected chi connectivity index (χ3v) is 5.50. The topological polar surface area (TPSA) is 61.6 Å². The number of likely N-dealkylation sites (N-methyl/N-ethyl adjacent to an activating group) is 1. The van der Waals surface area contributed by atoms with Gasteiger partial charge in [0.15, 0.2) is 0 Å². The molecule has 0 spiro atoms. The summed E-state index contributed by atoms with van der Waals surface area (Å²) < 4.78 is 1.72. The van der Waals surface area contributed by atoms with E-state index >= 15 is 0 Å². The Balaban J connectivity index is 1.64. The van der Waals surface area contributed by atoms with Crippen molar-refractivity contribution in [1.82, 2.24) is 19.6 Å². The van der Waals surface area contributed by atoms with Gasteiger partial charge in [-0.2, -0.15) is 5.10 Å². The van der Waals surface area contributed by atoms with E-state index in [0.717, 1.165) is 38.0 Å². The minimum Gasteiger partial charge on any atom is -0.389 e. The summed E-state index contributed by atoms with van der Waals surface area (Å²) in [6.45, 7) is 2.15. The number of hydrogen-bond acceptors (Lipinski definition) is 4. The highest BCUT2D eigenvalue weighted by molar-refractivity contribution is 5.91. The number of aryl methyl sites for hydroxylation is 1. The van der Waals surface area contributed by atoms with Crippen LogP contribution in [0.2, 0.25) is 0 Å². The fourth-order valence-electron chi connectivity index (χ4n) is 4.01. The van der Waals surface area contributed by atoms with E-state index in [-0.39, 0.29) is 18.0 Å². The standard InChI is InChI=1S/C18H28N4O2/c1-20(17(23)9-8-14-10-11-19-21(14)2)15-6-5-7-16(18(15)24)22-12-3-4-13-22/h8-11,15-16,18,24H,3-7,12-13H2,1-2H3/b9-8+/t15-,16-,18-/m1/s1. The number of likely N-dealkylation sites (tertiary alicyclic amines) is 1. The highest BCUT2D eigenvalue weighted by Gasteiger charge is 2.38. The van der Waals surface area contributed by atoms with Crippen LogP contribution in [0, 0.1) is 0 Å². The average Bonchev–Trinajstić information content (AvgIpc) is 3.24. The van der Waals surface area contributed by atoms with Gasteiger partial charge in [0.05, 0.1) is 17.8 Å². The van der Waals surface area contributed by atoms with Crippen molar-refractivity contribution in [3.05, 3.63) is 24.0 Å². The summed E-state index contributed by atoms with van der Waals surface area (Å²) in [6, 6.07) is 1.96. The molecule has 1 aromatic rings. The van der Waals surface area contributed by atoms with Gasteiger partial charge in [-0.25, -0.2) is 0 Å². The molecule has 1 aliphatic heterocycles. The fourth-order valence-corrected chi connectivity index (χ4v) is 4.01. The lowest BCUT2D eigenvalue weighted by atomic mass is 9.86. The van der Waals surface area contributed by atoms with Gasteiger partial charge in [0.2, 0.25) is 5.91 Å². The molecular formula is C18H28N4O2. The molecule has 3 atom stereocenters. The molecule has 1 saturated heterocycles. The molecule has 3 rings (SSSR count). The zero-order valence-corrected chi connectivity index (χ0v) is 14.6. The van der Waals surface area contributed by atoms with Crippen LogP contribution in [0.1, 0.15) is 37.8 Å². The van der Waals surface area contributed by atoms with Gasteiger partial charge >= 0.3 is 0 Å². The van der Waals surface area contributed by atoms with Gasteiger partial charge < -0.3 is 10.0 Å². The van der Waals surface area contributed by atoms with Crippen LogP contribution in [0.3, 0.4) is 0 Å². The second-order valence-electron chi connectivity index (χ2n) is 6.96. The maximum atomic E-state index is 12.5. The van der Waals surface area contributed by atoms with Crippen LogP contribution in [-0.4, -0.2) is 68.9 Å². The molecule has 1 aliphatic carbocycles. The average molecular weight is 332 g/mol. The number of aliphatic hydroxyl groups excluding tert-OH is 1. The van der Waals surface area contributed by atoms with Crippen molar-refractivity contribution in [3.63, 3.8) is 0 Å². The van der Waals surface area contributed by atoms with Crippen molar-refractivity contribution in [1.29, 1.82) is 0 Å². The normalized spacial score (nSPS) is 28.5. The summed E-state index contributed by atoms with van der Waals surface area (Å²) in [7, 11) is 3.65. The van der Waals surface area contributed by atoms with E-state index in [2.05, 4.69) is 10.00 Å². The number of aromatic nitrogens is 2. The Bertz CT molecular complexity index is 592. The van der Waals surface area contributed by atoms with Crippen LogP contribution in [0.5, 0.6) is 0 Å². The molecule has 24 heavy (non-hydrogen) atoms. The SMILES string of the molecule is CN(C(=O)/C=C/c1ccnn1C)[C@@H]1CCC[C@@H](N2CCCC2)[C@@H]1O. The van der Waals surface area contributed by atoms with E-state index in [1.165, 1.54) is 12.8 Å². The zero-order chi connectivity index (χ0) is 17.1. The Morgan fingerprint density at radius 2 is 2.08 bits per heavy atom. The second-order valence-corrected chi connectivity index (χ2v) is 6.96. The van der Waals surface area contributed by atoms with Gasteiger partial charge in [-0.05, 0) is 57.3 Å². The monoisotopic (exact) mass is 332 g/mol. The first-order valence-electron chi connectivity index (χ1n) is 8.93. The molecule has 2 heterocycles. The molecule has 0 radical (unpaired) electrons. The first kappa shape index (κ1) is 17.2. The summed E-state index contributed by atoms with van der Waals surface area (Å²) >= 11 is 0. The molecule has 0 aromatic carbocycles. The molecule has 2 fully saturated rings. The highest BCUT2D eigenvalue weighted by atomic mass is 16.3. The Kier molecular flexibility index (Phi) is 5.36. The third-order valence-electron chi connectivity index (χ3n) is 5.50. The van der Waals surface area contributed by atoms with Gasteiger partial charge in [0.25, 0.3) is 0 Å². The highest BCUT2D eigenvalue weighted by Crippen LogP contribution is 2.29. The number of aliphatic hydroxyl groups is 1. The quantitative estimate of drug-likeness (QED) is 0.844. The van der Waals surface area contributed by atoms with Crippen LogP contribution >= 0.6 is 0 Å². The lowest BCUT2D eigenvalue weighted by molar-refractivity contribution is -0.131. The van der Waals surface area contributed by atoms with E-state index in [1.807, 2.05) is 13.1 Å². The van der Waals surface area contributed by atoms with Crippen LogP contribution < -0.4 is 0 Å². The Hall–Kier alpha value is -1.66. The Labute approximate surface area is 143 Å². The molecule has 132 valence electrons.